The maximum Gasteiger partial charge on any atom is -0.0422 e. The zero-order chi connectivity index (χ0) is 13.4. The molecule has 1 saturated carbocycles. The molecule has 0 aromatic heterocycles. The van der Waals surface area contributed by atoms with Gasteiger partial charge in [-0.3, -0.25) is 0 Å². The predicted octanol–water partition coefficient (Wildman–Crippen LogP) is 6.69. The minimum Gasteiger partial charge on any atom is -0.0683 e. The van der Waals surface area contributed by atoms with E-state index < -0.39 is 0 Å². The van der Waals surface area contributed by atoms with Gasteiger partial charge in [0.05, 0.1) is 0 Å². The molecule has 0 nitrogen and oxygen atoms in total. The molecule has 1 fully saturated rings. The first kappa shape index (κ1) is 21.3. The van der Waals surface area contributed by atoms with Crippen molar-refractivity contribution in [3.05, 3.63) is 0 Å². The van der Waals surface area contributed by atoms with Crippen LogP contribution in [0.25, 0.3) is 0 Å². The van der Waals surface area contributed by atoms with Crippen molar-refractivity contribution < 1.29 is 0 Å². The molecule has 0 heteroatoms. The van der Waals surface area contributed by atoms with E-state index in [2.05, 4.69) is 27.7 Å². The van der Waals surface area contributed by atoms with Gasteiger partial charge in [0, 0.05) is 0 Å². The fourth-order valence-electron chi connectivity index (χ4n) is 1.36. The molecule has 1 unspecified atom stereocenters. The summed E-state index contributed by atoms with van der Waals surface area (Å²) in [5.74, 6) is 1.77. The minimum absolute atomic E-state index is 0.866. The van der Waals surface area contributed by atoms with Crippen LogP contribution in [0.5, 0.6) is 0 Å². The van der Waals surface area contributed by atoms with Gasteiger partial charge in [0.1, 0.15) is 0 Å². The van der Waals surface area contributed by atoms with E-state index in [9.17, 15) is 0 Å². The Morgan fingerprint density at radius 2 is 0.938 bits per heavy atom. The Morgan fingerprint density at radius 1 is 0.688 bits per heavy atom. The van der Waals surface area contributed by atoms with E-state index in [1.54, 1.807) is 0 Å². The third-order valence-corrected chi connectivity index (χ3v) is 3.03. The highest BCUT2D eigenvalue weighted by Gasteiger charge is 2.01. The molecular formula is C16H38. The maximum absolute atomic E-state index is 2.30. The van der Waals surface area contributed by atoms with Gasteiger partial charge in [0.25, 0.3) is 0 Å². The summed E-state index contributed by atoms with van der Waals surface area (Å²) < 4.78 is 0. The van der Waals surface area contributed by atoms with Crippen LogP contribution < -0.4 is 0 Å². The number of hydrogen-bond donors (Lipinski definition) is 0. The van der Waals surface area contributed by atoms with Crippen molar-refractivity contribution in [2.24, 2.45) is 11.8 Å². The largest absolute Gasteiger partial charge is 0.0683 e. The molecule has 0 heterocycles. The summed E-state index contributed by atoms with van der Waals surface area (Å²) in [5.41, 5.74) is 0. The van der Waals surface area contributed by atoms with Crippen molar-refractivity contribution in [2.45, 2.75) is 93.9 Å². The first-order chi connectivity index (χ1) is 7.68. The van der Waals surface area contributed by atoms with Gasteiger partial charge >= 0.3 is 0 Å². The lowest BCUT2D eigenvalue weighted by Crippen LogP contribution is -2.00. The van der Waals surface area contributed by atoms with Crippen LogP contribution in [0.3, 0.4) is 0 Å². The Balaban J connectivity index is -0.000000164. The fourth-order valence-corrected chi connectivity index (χ4v) is 1.36. The van der Waals surface area contributed by atoms with Crippen molar-refractivity contribution >= 4 is 0 Å². The van der Waals surface area contributed by atoms with E-state index in [0.29, 0.717) is 0 Å². The second-order valence-corrected chi connectivity index (χ2v) is 4.40. The molecule has 1 rings (SSSR count). The average molecular weight is 230 g/mol. The van der Waals surface area contributed by atoms with Gasteiger partial charge < -0.3 is 0 Å². The first-order valence-electron chi connectivity index (χ1n) is 7.68. The monoisotopic (exact) mass is 230 g/mol. The first-order valence-corrected chi connectivity index (χ1v) is 7.68. The highest BCUT2D eigenvalue weighted by Crippen LogP contribution is 2.15. The van der Waals surface area contributed by atoms with Crippen LogP contribution in [-0.4, -0.2) is 0 Å². The molecule has 0 saturated heterocycles. The van der Waals surface area contributed by atoms with Crippen LogP contribution in [0.4, 0.5) is 0 Å². The van der Waals surface area contributed by atoms with Gasteiger partial charge in [0.2, 0.25) is 0 Å². The topological polar surface area (TPSA) is 0 Å². The zero-order valence-corrected chi connectivity index (χ0v) is 13.4. The van der Waals surface area contributed by atoms with Gasteiger partial charge in [-0.25, -0.2) is 0 Å². The molecule has 0 radical (unpaired) electrons. The van der Waals surface area contributed by atoms with Crippen molar-refractivity contribution in [3.8, 4) is 0 Å². The Bertz CT molecular complexity index is 72.4. The Hall–Kier alpha value is 0. The van der Waals surface area contributed by atoms with E-state index in [1.165, 1.54) is 38.5 Å². The normalized spacial score (nSPS) is 14.8. The van der Waals surface area contributed by atoms with E-state index in [-0.39, 0.29) is 0 Å². The smallest absolute Gasteiger partial charge is 0.0422 e. The van der Waals surface area contributed by atoms with Crippen molar-refractivity contribution in [2.75, 3.05) is 0 Å². The summed E-state index contributed by atoms with van der Waals surface area (Å²) in [4.78, 5) is 0. The summed E-state index contributed by atoms with van der Waals surface area (Å²) in [7, 11) is 0. The highest BCUT2D eigenvalue weighted by molar-refractivity contribution is 4.52. The lowest BCUT2D eigenvalue weighted by Gasteiger charge is -2.10. The molecule has 16 heavy (non-hydrogen) atoms. The van der Waals surface area contributed by atoms with Crippen LogP contribution in [0, 0.1) is 11.8 Å². The van der Waals surface area contributed by atoms with E-state index in [0.717, 1.165) is 11.8 Å². The lowest BCUT2D eigenvalue weighted by molar-refractivity contribution is 0.407. The Morgan fingerprint density at radius 3 is 1.00 bits per heavy atom. The van der Waals surface area contributed by atoms with Crippen LogP contribution in [0.1, 0.15) is 93.9 Å². The summed E-state index contributed by atoms with van der Waals surface area (Å²) in [5, 5.41) is 0. The maximum atomic E-state index is 2.30. The SMILES string of the molecule is C1CCCC1.CC.CC.CCC(C)C(C)C. The third-order valence-electron chi connectivity index (χ3n) is 3.03. The van der Waals surface area contributed by atoms with Crippen LogP contribution >= 0.6 is 0 Å². The average Bonchev–Trinajstić information content (AvgIpc) is 2.92. The summed E-state index contributed by atoms with van der Waals surface area (Å²) in [6, 6.07) is 0. The fraction of sp³-hybridized carbons (Fsp3) is 1.00. The molecule has 0 spiro atoms. The molecular weight excluding hydrogens is 192 g/mol. The van der Waals surface area contributed by atoms with Crippen LogP contribution in [0.2, 0.25) is 0 Å². The molecule has 102 valence electrons. The molecule has 0 N–H and O–H groups in total. The standard InChI is InChI=1S/C7H16.C5H10.2C2H6/c1-5-7(4)6(2)3;1-2-4-5-3-1;2*1-2/h6-7H,5H2,1-4H3;1-5H2;2*1-2H3. The molecule has 1 atom stereocenters. The van der Waals surface area contributed by atoms with Gasteiger partial charge in [-0.1, -0.05) is 93.9 Å². The highest BCUT2D eigenvalue weighted by atomic mass is 14.1. The van der Waals surface area contributed by atoms with Crippen molar-refractivity contribution in [1.29, 1.82) is 0 Å². The number of hydrogen-bond acceptors (Lipinski definition) is 0. The Labute approximate surface area is 106 Å². The molecule has 1 aliphatic rings. The lowest BCUT2D eigenvalue weighted by atomic mass is 9.96. The minimum atomic E-state index is 0.866. The van der Waals surface area contributed by atoms with Crippen LogP contribution in [-0.2, 0) is 0 Å². The molecule has 0 amide bonds. The third kappa shape index (κ3) is 19.6. The zero-order valence-electron chi connectivity index (χ0n) is 13.4. The predicted molar refractivity (Wildman–Crippen MR) is 80.1 cm³/mol. The molecule has 1 aliphatic carbocycles. The van der Waals surface area contributed by atoms with Gasteiger partial charge in [-0.2, -0.15) is 0 Å². The molecule has 0 aromatic carbocycles. The van der Waals surface area contributed by atoms with Crippen molar-refractivity contribution in [1.82, 2.24) is 0 Å². The van der Waals surface area contributed by atoms with E-state index >= 15 is 0 Å². The van der Waals surface area contributed by atoms with Crippen molar-refractivity contribution in [3.63, 3.8) is 0 Å². The Kier molecular flexibility index (Phi) is 27.2. The summed E-state index contributed by atoms with van der Waals surface area (Å²) >= 11 is 0. The summed E-state index contributed by atoms with van der Waals surface area (Å²) in [6.45, 7) is 17.1. The molecule has 0 aromatic rings. The van der Waals surface area contributed by atoms with Gasteiger partial charge in [-0.15, -0.1) is 0 Å². The van der Waals surface area contributed by atoms with Crippen LogP contribution in [0.15, 0.2) is 0 Å². The number of rotatable bonds is 2. The molecule has 0 bridgehead atoms. The quantitative estimate of drug-likeness (QED) is 0.495. The second kappa shape index (κ2) is 20.4. The van der Waals surface area contributed by atoms with E-state index in [1.807, 2.05) is 27.7 Å². The molecule has 0 aliphatic heterocycles. The van der Waals surface area contributed by atoms with E-state index in [4.69, 9.17) is 0 Å². The summed E-state index contributed by atoms with van der Waals surface area (Å²) in [6.07, 6.45) is 8.82. The second-order valence-electron chi connectivity index (χ2n) is 4.40. The van der Waals surface area contributed by atoms with Gasteiger partial charge in [0.15, 0.2) is 0 Å². The van der Waals surface area contributed by atoms with Gasteiger partial charge in [-0.05, 0) is 11.8 Å².